The van der Waals surface area contributed by atoms with Crippen LogP contribution in [0.5, 0.6) is 0 Å². The standard InChI is InChI=1S/C14H16N2O2/c1-16-13-5-3-2-4-11(13)12(8-14(16)17)15-10-6-7-18-9-10/h2-5,8,10,15H,6-7,9H2,1H3. The molecule has 4 heteroatoms. The van der Waals surface area contributed by atoms with Crippen molar-refractivity contribution in [3.63, 3.8) is 0 Å². The molecule has 1 aromatic carbocycles. The highest BCUT2D eigenvalue weighted by Gasteiger charge is 2.16. The van der Waals surface area contributed by atoms with Crippen molar-refractivity contribution < 1.29 is 4.74 Å². The Balaban J connectivity index is 2.10. The second-order valence-corrected chi connectivity index (χ2v) is 4.68. The van der Waals surface area contributed by atoms with Gasteiger partial charge in [-0.2, -0.15) is 0 Å². The summed E-state index contributed by atoms with van der Waals surface area (Å²) in [5, 5.41) is 4.49. The molecule has 1 aromatic heterocycles. The van der Waals surface area contributed by atoms with Gasteiger partial charge in [-0.3, -0.25) is 4.79 Å². The van der Waals surface area contributed by atoms with E-state index in [9.17, 15) is 4.79 Å². The normalized spacial score (nSPS) is 19.3. The topological polar surface area (TPSA) is 43.3 Å². The van der Waals surface area contributed by atoms with Crippen molar-refractivity contribution in [1.82, 2.24) is 4.57 Å². The Hall–Kier alpha value is -1.81. The van der Waals surface area contributed by atoms with E-state index in [0.29, 0.717) is 12.6 Å². The van der Waals surface area contributed by atoms with Crippen molar-refractivity contribution in [2.45, 2.75) is 12.5 Å². The number of benzene rings is 1. The van der Waals surface area contributed by atoms with Gasteiger partial charge in [-0.1, -0.05) is 18.2 Å². The fraction of sp³-hybridized carbons (Fsp3) is 0.357. The second kappa shape index (κ2) is 4.46. The van der Waals surface area contributed by atoms with E-state index >= 15 is 0 Å². The van der Waals surface area contributed by atoms with Crippen LogP contribution in [0.1, 0.15) is 6.42 Å². The zero-order chi connectivity index (χ0) is 12.5. The Morgan fingerprint density at radius 2 is 2.22 bits per heavy atom. The molecule has 1 atom stereocenters. The number of para-hydroxylation sites is 1. The van der Waals surface area contributed by atoms with Crippen LogP contribution in [0.4, 0.5) is 5.69 Å². The average Bonchev–Trinajstić information content (AvgIpc) is 2.89. The van der Waals surface area contributed by atoms with Gasteiger partial charge in [0.15, 0.2) is 0 Å². The van der Waals surface area contributed by atoms with Gasteiger partial charge in [-0.25, -0.2) is 0 Å². The van der Waals surface area contributed by atoms with E-state index in [-0.39, 0.29) is 5.56 Å². The van der Waals surface area contributed by atoms with E-state index in [0.717, 1.165) is 29.6 Å². The van der Waals surface area contributed by atoms with Gasteiger partial charge in [-0.15, -0.1) is 0 Å². The zero-order valence-corrected chi connectivity index (χ0v) is 10.3. The summed E-state index contributed by atoms with van der Waals surface area (Å²) in [5.41, 5.74) is 1.87. The molecule has 1 aliphatic rings. The van der Waals surface area contributed by atoms with Crippen LogP contribution in [0, 0.1) is 0 Å². The molecule has 0 amide bonds. The monoisotopic (exact) mass is 244 g/mol. The summed E-state index contributed by atoms with van der Waals surface area (Å²) in [6.45, 7) is 1.50. The van der Waals surface area contributed by atoms with Gasteiger partial charge in [0.05, 0.1) is 18.2 Å². The minimum Gasteiger partial charge on any atom is -0.379 e. The Bertz CT molecular complexity index is 627. The molecule has 0 spiro atoms. The molecule has 2 aromatic rings. The summed E-state index contributed by atoms with van der Waals surface area (Å²) in [4.78, 5) is 11.9. The largest absolute Gasteiger partial charge is 0.379 e. The first kappa shape index (κ1) is 11.3. The highest BCUT2D eigenvalue weighted by Crippen LogP contribution is 2.22. The number of rotatable bonds is 2. The SMILES string of the molecule is Cn1c(=O)cc(NC2CCOC2)c2ccccc21. The quantitative estimate of drug-likeness (QED) is 0.875. The predicted octanol–water partition coefficient (Wildman–Crippen LogP) is 1.74. The van der Waals surface area contributed by atoms with Crippen molar-refractivity contribution in [3.8, 4) is 0 Å². The smallest absolute Gasteiger partial charge is 0.252 e. The molecule has 1 saturated heterocycles. The van der Waals surface area contributed by atoms with Crippen LogP contribution < -0.4 is 10.9 Å². The molecule has 18 heavy (non-hydrogen) atoms. The van der Waals surface area contributed by atoms with Crippen molar-refractivity contribution in [2.24, 2.45) is 7.05 Å². The van der Waals surface area contributed by atoms with Gasteiger partial charge in [0.25, 0.3) is 5.56 Å². The number of nitrogens with one attached hydrogen (secondary N) is 1. The number of aromatic nitrogens is 1. The van der Waals surface area contributed by atoms with Crippen LogP contribution in [-0.2, 0) is 11.8 Å². The molecule has 94 valence electrons. The summed E-state index contributed by atoms with van der Waals surface area (Å²) in [5.74, 6) is 0. The Labute approximate surface area is 105 Å². The van der Waals surface area contributed by atoms with Crippen LogP contribution in [0.3, 0.4) is 0 Å². The third-order valence-corrected chi connectivity index (χ3v) is 3.44. The van der Waals surface area contributed by atoms with Crippen LogP contribution in [-0.4, -0.2) is 23.8 Å². The van der Waals surface area contributed by atoms with Gasteiger partial charge in [-0.05, 0) is 12.5 Å². The molecule has 1 N–H and O–H groups in total. The molecule has 0 saturated carbocycles. The molecular weight excluding hydrogens is 228 g/mol. The molecule has 0 radical (unpaired) electrons. The molecule has 4 nitrogen and oxygen atoms in total. The maximum Gasteiger partial charge on any atom is 0.252 e. The molecule has 1 unspecified atom stereocenters. The average molecular weight is 244 g/mol. The summed E-state index contributed by atoms with van der Waals surface area (Å²) in [7, 11) is 1.80. The minimum absolute atomic E-state index is 0.00937. The maximum atomic E-state index is 11.9. The lowest BCUT2D eigenvalue weighted by Gasteiger charge is -2.15. The van der Waals surface area contributed by atoms with E-state index in [2.05, 4.69) is 5.32 Å². The van der Waals surface area contributed by atoms with Crippen LogP contribution >= 0.6 is 0 Å². The van der Waals surface area contributed by atoms with Gasteiger partial charge >= 0.3 is 0 Å². The fourth-order valence-corrected chi connectivity index (χ4v) is 2.40. The number of aryl methyl sites for hydroxylation is 1. The summed E-state index contributed by atoms with van der Waals surface area (Å²) in [6, 6.07) is 9.91. The van der Waals surface area contributed by atoms with Crippen molar-refractivity contribution in [1.29, 1.82) is 0 Å². The first-order chi connectivity index (χ1) is 8.75. The number of nitrogens with zero attached hydrogens (tertiary/aromatic N) is 1. The van der Waals surface area contributed by atoms with E-state index in [4.69, 9.17) is 4.74 Å². The van der Waals surface area contributed by atoms with Gasteiger partial charge in [0, 0.05) is 30.8 Å². The lowest BCUT2D eigenvalue weighted by Crippen LogP contribution is -2.23. The number of anilines is 1. The lowest BCUT2D eigenvalue weighted by atomic mass is 10.1. The van der Waals surface area contributed by atoms with Gasteiger partial charge in [0.2, 0.25) is 0 Å². The van der Waals surface area contributed by atoms with Crippen molar-refractivity contribution in [3.05, 3.63) is 40.7 Å². The number of pyridine rings is 1. The molecule has 1 aliphatic heterocycles. The molecule has 1 fully saturated rings. The third kappa shape index (κ3) is 1.88. The Morgan fingerprint density at radius 1 is 1.39 bits per heavy atom. The predicted molar refractivity (Wildman–Crippen MR) is 72.0 cm³/mol. The number of ether oxygens (including phenoxy) is 1. The molecular formula is C14H16N2O2. The molecule has 0 bridgehead atoms. The van der Waals surface area contributed by atoms with Crippen LogP contribution in [0.25, 0.3) is 10.9 Å². The Morgan fingerprint density at radius 3 is 3.00 bits per heavy atom. The maximum absolute atomic E-state index is 11.9. The second-order valence-electron chi connectivity index (χ2n) is 4.68. The highest BCUT2D eigenvalue weighted by molar-refractivity contribution is 5.91. The number of hydrogen-bond donors (Lipinski definition) is 1. The van der Waals surface area contributed by atoms with Crippen molar-refractivity contribution >= 4 is 16.6 Å². The minimum atomic E-state index is 0.00937. The van der Waals surface area contributed by atoms with Crippen LogP contribution in [0.2, 0.25) is 0 Å². The van der Waals surface area contributed by atoms with E-state index < -0.39 is 0 Å². The number of hydrogen-bond acceptors (Lipinski definition) is 3. The fourth-order valence-electron chi connectivity index (χ4n) is 2.40. The lowest BCUT2D eigenvalue weighted by molar-refractivity contribution is 0.195. The highest BCUT2D eigenvalue weighted by atomic mass is 16.5. The molecule has 3 rings (SSSR count). The van der Waals surface area contributed by atoms with Gasteiger partial charge < -0.3 is 14.6 Å². The summed E-state index contributed by atoms with van der Waals surface area (Å²) in [6.07, 6.45) is 0.990. The van der Waals surface area contributed by atoms with Crippen molar-refractivity contribution in [2.75, 3.05) is 18.5 Å². The van der Waals surface area contributed by atoms with Gasteiger partial charge in [0.1, 0.15) is 0 Å². The number of fused-ring (bicyclic) bond motifs is 1. The summed E-state index contributed by atoms with van der Waals surface area (Å²) >= 11 is 0. The first-order valence-electron chi connectivity index (χ1n) is 6.19. The molecule has 2 heterocycles. The third-order valence-electron chi connectivity index (χ3n) is 3.44. The van der Waals surface area contributed by atoms with E-state index in [1.165, 1.54) is 0 Å². The van der Waals surface area contributed by atoms with Crippen LogP contribution in [0.15, 0.2) is 35.1 Å². The first-order valence-corrected chi connectivity index (χ1v) is 6.19. The Kier molecular flexibility index (Phi) is 2.80. The zero-order valence-electron chi connectivity index (χ0n) is 10.3. The summed E-state index contributed by atoms with van der Waals surface area (Å²) < 4.78 is 7.02. The molecule has 0 aliphatic carbocycles. The van der Waals surface area contributed by atoms with E-state index in [1.807, 2.05) is 24.3 Å². The van der Waals surface area contributed by atoms with E-state index in [1.54, 1.807) is 17.7 Å².